The zero-order valence-corrected chi connectivity index (χ0v) is 15.5. The molecule has 2 aromatic rings. The van der Waals surface area contributed by atoms with Gasteiger partial charge in [-0.25, -0.2) is 4.98 Å². The van der Waals surface area contributed by atoms with Crippen molar-refractivity contribution < 1.29 is 4.79 Å². The van der Waals surface area contributed by atoms with Gasteiger partial charge >= 0.3 is 0 Å². The summed E-state index contributed by atoms with van der Waals surface area (Å²) in [7, 11) is 0. The van der Waals surface area contributed by atoms with Gasteiger partial charge in [0.25, 0.3) is 0 Å². The van der Waals surface area contributed by atoms with Crippen molar-refractivity contribution in [2.45, 2.75) is 31.2 Å². The summed E-state index contributed by atoms with van der Waals surface area (Å²) in [5.41, 5.74) is 1.06. The summed E-state index contributed by atoms with van der Waals surface area (Å²) in [6.07, 6.45) is 2.54. The normalized spacial score (nSPS) is 16.2. The molecule has 0 aliphatic carbocycles. The van der Waals surface area contributed by atoms with Gasteiger partial charge in [-0.1, -0.05) is 25.1 Å². The minimum absolute atomic E-state index is 0.00319. The first-order valence-electron chi connectivity index (χ1n) is 8.33. The average Bonchev–Trinajstić information content (AvgIpc) is 3.03. The zero-order valence-electron chi connectivity index (χ0n) is 13.9. The van der Waals surface area contributed by atoms with E-state index in [1.54, 1.807) is 0 Å². The number of carbonyl (C=O) groups excluding carboxylic acids is 1. The van der Waals surface area contributed by atoms with E-state index in [0.717, 1.165) is 36.1 Å². The van der Waals surface area contributed by atoms with Crippen LogP contribution >= 0.6 is 23.1 Å². The molecular formula is C18H23N3OS2. The van der Waals surface area contributed by atoms with Crippen LogP contribution in [-0.4, -0.2) is 34.6 Å². The van der Waals surface area contributed by atoms with Crippen LogP contribution in [-0.2, 0) is 11.3 Å². The van der Waals surface area contributed by atoms with E-state index in [1.807, 2.05) is 30.3 Å². The molecule has 0 spiro atoms. The summed E-state index contributed by atoms with van der Waals surface area (Å²) in [6, 6.07) is 9.96. The van der Waals surface area contributed by atoms with Crippen molar-refractivity contribution in [3.63, 3.8) is 0 Å². The Bertz CT molecular complexity index is 651. The van der Waals surface area contributed by atoms with E-state index in [9.17, 15) is 4.79 Å². The number of likely N-dealkylation sites (tertiary alicyclic amines) is 1. The molecular weight excluding hydrogens is 338 g/mol. The molecule has 0 unspecified atom stereocenters. The predicted octanol–water partition coefficient (Wildman–Crippen LogP) is 4.11. The fourth-order valence-electron chi connectivity index (χ4n) is 2.71. The van der Waals surface area contributed by atoms with E-state index >= 15 is 0 Å². The average molecular weight is 362 g/mol. The number of hydrogen-bond donors (Lipinski definition) is 1. The molecule has 0 atom stereocenters. The molecule has 1 saturated heterocycles. The molecule has 0 bridgehead atoms. The predicted molar refractivity (Wildman–Crippen MR) is 102 cm³/mol. The van der Waals surface area contributed by atoms with Gasteiger partial charge in [-0.05, 0) is 44.0 Å². The first-order valence-corrected chi connectivity index (χ1v) is 10.2. The molecule has 24 heavy (non-hydrogen) atoms. The Morgan fingerprint density at radius 2 is 2.08 bits per heavy atom. The van der Waals surface area contributed by atoms with Gasteiger partial charge < -0.3 is 5.32 Å². The molecule has 1 amide bonds. The third-order valence-corrected chi connectivity index (χ3v) is 5.99. The SMILES string of the molecule is CC1CCN(Cc2csc(NC(=O)CSc3ccccc3)n2)CC1. The number of amides is 1. The fourth-order valence-corrected chi connectivity index (χ4v) is 4.14. The number of benzene rings is 1. The molecule has 1 N–H and O–H groups in total. The lowest BCUT2D eigenvalue weighted by Gasteiger charge is -2.29. The van der Waals surface area contributed by atoms with E-state index < -0.39 is 0 Å². The maximum absolute atomic E-state index is 12.0. The lowest BCUT2D eigenvalue weighted by Crippen LogP contribution is -2.32. The molecule has 1 fully saturated rings. The number of hydrogen-bond acceptors (Lipinski definition) is 5. The number of anilines is 1. The lowest BCUT2D eigenvalue weighted by molar-refractivity contribution is -0.113. The van der Waals surface area contributed by atoms with Crippen molar-refractivity contribution in [1.82, 2.24) is 9.88 Å². The van der Waals surface area contributed by atoms with Gasteiger partial charge in [-0.2, -0.15) is 0 Å². The summed E-state index contributed by atoms with van der Waals surface area (Å²) in [6.45, 7) is 5.50. The van der Waals surface area contributed by atoms with Crippen molar-refractivity contribution in [1.29, 1.82) is 0 Å². The number of piperidine rings is 1. The van der Waals surface area contributed by atoms with Gasteiger partial charge in [-0.15, -0.1) is 23.1 Å². The number of rotatable bonds is 6. The highest BCUT2D eigenvalue weighted by molar-refractivity contribution is 8.00. The summed E-state index contributed by atoms with van der Waals surface area (Å²) < 4.78 is 0. The third-order valence-electron chi connectivity index (χ3n) is 4.17. The van der Waals surface area contributed by atoms with Gasteiger partial charge in [0.15, 0.2) is 5.13 Å². The topological polar surface area (TPSA) is 45.2 Å². The molecule has 0 saturated carbocycles. The van der Waals surface area contributed by atoms with Crippen molar-refractivity contribution in [3.8, 4) is 0 Å². The quantitative estimate of drug-likeness (QED) is 0.787. The van der Waals surface area contributed by atoms with Crippen LogP contribution in [0.5, 0.6) is 0 Å². The molecule has 1 aliphatic rings. The second kappa shape index (κ2) is 8.65. The van der Waals surface area contributed by atoms with Crippen LogP contribution < -0.4 is 5.32 Å². The van der Waals surface area contributed by atoms with Crippen LogP contribution in [0.3, 0.4) is 0 Å². The Kier molecular flexibility index (Phi) is 6.29. The van der Waals surface area contributed by atoms with E-state index in [1.165, 1.54) is 35.9 Å². The highest BCUT2D eigenvalue weighted by Crippen LogP contribution is 2.22. The number of nitrogens with zero attached hydrogens (tertiary/aromatic N) is 2. The van der Waals surface area contributed by atoms with Gasteiger partial charge in [0, 0.05) is 16.8 Å². The van der Waals surface area contributed by atoms with E-state index in [0.29, 0.717) is 10.9 Å². The van der Waals surface area contributed by atoms with Crippen molar-refractivity contribution in [2.75, 3.05) is 24.2 Å². The van der Waals surface area contributed by atoms with Crippen molar-refractivity contribution in [3.05, 3.63) is 41.4 Å². The molecule has 3 rings (SSSR count). The van der Waals surface area contributed by atoms with Crippen LogP contribution in [0.1, 0.15) is 25.5 Å². The first-order chi connectivity index (χ1) is 11.7. The highest BCUT2D eigenvalue weighted by atomic mass is 32.2. The van der Waals surface area contributed by atoms with Gasteiger partial charge in [0.2, 0.25) is 5.91 Å². The largest absolute Gasteiger partial charge is 0.301 e. The highest BCUT2D eigenvalue weighted by Gasteiger charge is 2.17. The first kappa shape index (κ1) is 17.5. The summed E-state index contributed by atoms with van der Waals surface area (Å²) in [5, 5.41) is 5.66. The van der Waals surface area contributed by atoms with Crippen LogP contribution in [0.15, 0.2) is 40.6 Å². The van der Waals surface area contributed by atoms with Crippen LogP contribution in [0.2, 0.25) is 0 Å². The van der Waals surface area contributed by atoms with Crippen molar-refractivity contribution >= 4 is 34.1 Å². The smallest absolute Gasteiger partial charge is 0.236 e. The number of aromatic nitrogens is 1. The third kappa shape index (κ3) is 5.33. The summed E-state index contributed by atoms with van der Waals surface area (Å²) in [5.74, 6) is 1.24. The maximum Gasteiger partial charge on any atom is 0.236 e. The van der Waals surface area contributed by atoms with Crippen LogP contribution in [0.4, 0.5) is 5.13 Å². The number of nitrogens with one attached hydrogen (secondary N) is 1. The Hall–Kier alpha value is -1.37. The second-order valence-electron chi connectivity index (χ2n) is 6.25. The Morgan fingerprint density at radius 3 is 2.83 bits per heavy atom. The Labute approximate surface area is 151 Å². The minimum atomic E-state index is -0.00319. The molecule has 1 aromatic heterocycles. The fraction of sp³-hybridized carbons (Fsp3) is 0.444. The van der Waals surface area contributed by atoms with Gasteiger partial charge in [0.1, 0.15) is 0 Å². The van der Waals surface area contributed by atoms with E-state index in [2.05, 4.69) is 27.5 Å². The van der Waals surface area contributed by atoms with E-state index in [4.69, 9.17) is 0 Å². The number of thioether (sulfide) groups is 1. The molecule has 1 aromatic carbocycles. The second-order valence-corrected chi connectivity index (χ2v) is 8.16. The Morgan fingerprint density at radius 1 is 1.33 bits per heavy atom. The molecule has 6 heteroatoms. The molecule has 4 nitrogen and oxygen atoms in total. The minimum Gasteiger partial charge on any atom is -0.301 e. The van der Waals surface area contributed by atoms with E-state index in [-0.39, 0.29) is 5.91 Å². The molecule has 1 aliphatic heterocycles. The lowest BCUT2D eigenvalue weighted by atomic mass is 9.99. The summed E-state index contributed by atoms with van der Waals surface area (Å²) in [4.78, 5) is 20.2. The Balaban J connectivity index is 1.44. The van der Waals surface area contributed by atoms with Gasteiger partial charge in [-0.3, -0.25) is 9.69 Å². The van der Waals surface area contributed by atoms with Crippen LogP contribution in [0.25, 0.3) is 0 Å². The number of thiazole rings is 1. The number of carbonyl (C=O) groups is 1. The van der Waals surface area contributed by atoms with Crippen molar-refractivity contribution in [2.24, 2.45) is 5.92 Å². The molecule has 128 valence electrons. The molecule has 0 radical (unpaired) electrons. The van der Waals surface area contributed by atoms with Crippen LogP contribution in [0, 0.1) is 5.92 Å². The van der Waals surface area contributed by atoms with Gasteiger partial charge in [0.05, 0.1) is 11.4 Å². The molecule has 2 heterocycles. The standard InChI is InChI=1S/C18H23N3OS2/c1-14-7-9-21(10-8-14)11-15-12-24-18(19-15)20-17(22)13-23-16-5-3-2-4-6-16/h2-6,12,14H,7-11,13H2,1H3,(H,19,20,22). The monoisotopic (exact) mass is 361 g/mol. The zero-order chi connectivity index (χ0) is 16.8. The summed E-state index contributed by atoms with van der Waals surface area (Å²) >= 11 is 3.05. The maximum atomic E-state index is 12.0.